The summed E-state index contributed by atoms with van der Waals surface area (Å²) in [5.74, 6) is 0.0969. The predicted octanol–water partition coefficient (Wildman–Crippen LogP) is 5.32. The first-order valence-corrected chi connectivity index (χ1v) is 8.27. The lowest BCUT2D eigenvalue weighted by molar-refractivity contribution is 0.0699. The van der Waals surface area contributed by atoms with Gasteiger partial charge in [-0.25, -0.2) is 9.78 Å². The zero-order chi connectivity index (χ0) is 18.4. The van der Waals surface area contributed by atoms with Gasteiger partial charge in [0.15, 0.2) is 5.76 Å². The second-order valence-electron chi connectivity index (χ2n) is 5.96. The van der Waals surface area contributed by atoms with Crippen molar-refractivity contribution in [3.05, 3.63) is 58.6 Å². The average Bonchev–Trinajstić information content (AvgIpc) is 3.07. The number of hydrogen-bond acceptors (Lipinski definition) is 4. The van der Waals surface area contributed by atoms with Crippen molar-refractivity contribution < 1.29 is 19.1 Å². The van der Waals surface area contributed by atoms with Gasteiger partial charge < -0.3 is 14.3 Å². The number of ether oxygens (including phenoxy) is 1. The number of furan rings is 1. The number of carboxylic acids is 1. The molecule has 5 nitrogen and oxygen atoms in total. The van der Waals surface area contributed by atoms with Gasteiger partial charge >= 0.3 is 5.97 Å². The Morgan fingerprint density at radius 3 is 2.73 bits per heavy atom. The Hall–Kier alpha value is -3.05. The van der Waals surface area contributed by atoms with Crippen molar-refractivity contribution in [3.8, 4) is 17.2 Å². The number of methoxy groups -OCH3 is 1. The standard InChI is InChI=1S/C20H14ClNO4/c1-10-3-6-14(21)18-13(20(23)24)9-15(22-19(10)18)17-7-11-4-5-12(25-2)8-16(11)26-17/h3-9H,1-2H3,(H,23,24). The molecule has 0 fully saturated rings. The molecule has 4 aromatic rings. The highest BCUT2D eigenvalue weighted by atomic mass is 35.5. The molecule has 0 radical (unpaired) electrons. The van der Waals surface area contributed by atoms with E-state index >= 15 is 0 Å². The molecule has 26 heavy (non-hydrogen) atoms. The second-order valence-corrected chi connectivity index (χ2v) is 6.37. The molecule has 130 valence electrons. The zero-order valence-electron chi connectivity index (χ0n) is 14.0. The van der Waals surface area contributed by atoms with Crippen LogP contribution in [-0.4, -0.2) is 23.2 Å². The Labute approximate surface area is 153 Å². The normalized spacial score (nSPS) is 11.2. The molecule has 2 aromatic heterocycles. The zero-order valence-corrected chi connectivity index (χ0v) is 14.8. The highest BCUT2D eigenvalue weighted by Gasteiger charge is 2.18. The fourth-order valence-electron chi connectivity index (χ4n) is 2.99. The summed E-state index contributed by atoms with van der Waals surface area (Å²) in [4.78, 5) is 16.4. The van der Waals surface area contributed by atoms with E-state index in [1.54, 1.807) is 19.2 Å². The number of aromatic nitrogens is 1. The molecule has 0 spiro atoms. The predicted molar refractivity (Wildman–Crippen MR) is 100 cm³/mol. The maximum Gasteiger partial charge on any atom is 0.336 e. The van der Waals surface area contributed by atoms with Crippen molar-refractivity contribution >= 4 is 39.4 Å². The molecule has 0 unspecified atom stereocenters. The first-order chi connectivity index (χ1) is 12.5. The molecule has 0 atom stereocenters. The summed E-state index contributed by atoms with van der Waals surface area (Å²) in [6, 6.07) is 12.3. The lowest BCUT2D eigenvalue weighted by Gasteiger charge is -2.09. The van der Waals surface area contributed by atoms with Gasteiger partial charge in [-0.15, -0.1) is 0 Å². The Kier molecular flexibility index (Phi) is 3.81. The van der Waals surface area contributed by atoms with Crippen LogP contribution < -0.4 is 4.74 Å². The molecular weight excluding hydrogens is 354 g/mol. The molecule has 0 saturated carbocycles. The van der Waals surface area contributed by atoms with Crippen LogP contribution in [0.25, 0.3) is 33.3 Å². The van der Waals surface area contributed by atoms with Crippen molar-refractivity contribution in [1.82, 2.24) is 4.98 Å². The van der Waals surface area contributed by atoms with E-state index < -0.39 is 5.97 Å². The minimum absolute atomic E-state index is 0.0942. The Bertz CT molecular complexity index is 1180. The SMILES string of the molecule is COc1ccc2cc(-c3cc(C(=O)O)c4c(Cl)ccc(C)c4n3)oc2c1. The van der Waals surface area contributed by atoms with Gasteiger partial charge in [0.2, 0.25) is 0 Å². The number of benzene rings is 2. The Morgan fingerprint density at radius 1 is 1.19 bits per heavy atom. The summed E-state index contributed by atoms with van der Waals surface area (Å²) in [6.45, 7) is 1.87. The molecule has 0 aliphatic carbocycles. The number of nitrogens with zero attached hydrogens (tertiary/aromatic N) is 1. The van der Waals surface area contributed by atoms with Crippen LogP contribution in [-0.2, 0) is 0 Å². The van der Waals surface area contributed by atoms with Crippen molar-refractivity contribution in [2.45, 2.75) is 6.92 Å². The van der Waals surface area contributed by atoms with Gasteiger partial charge in [0.25, 0.3) is 0 Å². The average molecular weight is 368 g/mol. The molecule has 2 aromatic carbocycles. The number of carbonyl (C=O) groups is 1. The molecule has 6 heteroatoms. The molecule has 2 heterocycles. The lowest BCUT2D eigenvalue weighted by Crippen LogP contribution is -2.01. The third-order valence-electron chi connectivity index (χ3n) is 4.32. The summed E-state index contributed by atoms with van der Waals surface area (Å²) in [5.41, 5.74) is 2.56. The molecular formula is C20H14ClNO4. The van der Waals surface area contributed by atoms with Crippen LogP contribution in [0.1, 0.15) is 15.9 Å². The van der Waals surface area contributed by atoms with Gasteiger partial charge in [0, 0.05) is 16.8 Å². The van der Waals surface area contributed by atoms with Crippen LogP contribution >= 0.6 is 11.6 Å². The van der Waals surface area contributed by atoms with Crippen molar-refractivity contribution in [1.29, 1.82) is 0 Å². The fraction of sp³-hybridized carbons (Fsp3) is 0.100. The summed E-state index contributed by atoms with van der Waals surface area (Å²) in [5, 5.41) is 11.3. The minimum atomic E-state index is -1.07. The molecule has 0 saturated heterocycles. The molecule has 1 N–H and O–H groups in total. The maximum absolute atomic E-state index is 11.8. The summed E-state index contributed by atoms with van der Waals surface area (Å²) >= 11 is 6.23. The van der Waals surface area contributed by atoms with E-state index in [1.807, 2.05) is 31.2 Å². The van der Waals surface area contributed by atoms with E-state index in [9.17, 15) is 9.90 Å². The molecule has 0 aliphatic rings. The van der Waals surface area contributed by atoms with E-state index in [2.05, 4.69) is 4.98 Å². The van der Waals surface area contributed by atoms with Crippen LogP contribution in [0.5, 0.6) is 5.75 Å². The molecule has 0 amide bonds. The summed E-state index contributed by atoms with van der Waals surface area (Å²) in [7, 11) is 1.58. The fourth-order valence-corrected chi connectivity index (χ4v) is 3.25. The number of carboxylic acid groups (broad SMARTS) is 1. The summed E-state index contributed by atoms with van der Waals surface area (Å²) < 4.78 is 11.1. The molecule has 0 bridgehead atoms. The number of hydrogen-bond donors (Lipinski definition) is 1. The van der Waals surface area contributed by atoms with Crippen LogP contribution in [0.15, 0.2) is 46.9 Å². The minimum Gasteiger partial charge on any atom is -0.497 e. The lowest BCUT2D eigenvalue weighted by atomic mass is 10.0. The smallest absolute Gasteiger partial charge is 0.336 e. The maximum atomic E-state index is 11.8. The first-order valence-electron chi connectivity index (χ1n) is 7.89. The number of rotatable bonds is 3. The van der Waals surface area contributed by atoms with Crippen LogP contribution in [0.3, 0.4) is 0 Å². The summed E-state index contributed by atoms with van der Waals surface area (Å²) in [6.07, 6.45) is 0. The van der Waals surface area contributed by atoms with Gasteiger partial charge in [0.1, 0.15) is 17.0 Å². The highest BCUT2D eigenvalue weighted by molar-refractivity contribution is 6.36. The molecule has 4 rings (SSSR count). The second kappa shape index (κ2) is 6.04. The Morgan fingerprint density at radius 2 is 2.00 bits per heavy atom. The van der Waals surface area contributed by atoms with Crippen LogP contribution in [0.4, 0.5) is 0 Å². The topological polar surface area (TPSA) is 72.6 Å². The molecule has 0 aliphatic heterocycles. The van der Waals surface area contributed by atoms with Gasteiger partial charge in [-0.05, 0) is 42.8 Å². The highest BCUT2D eigenvalue weighted by Crippen LogP contribution is 2.34. The monoisotopic (exact) mass is 367 g/mol. The van der Waals surface area contributed by atoms with Crippen LogP contribution in [0.2, 0.25) is 5.02 Å². The van der Waals surface area contributed by atoms with E-state index in [4.69, 9.17) is 20.8 Å². The number of fused-ring (bicyclic) bond motifs is 2. The first kappa shape index (κ1) is 16.4. The number of halogens is 1. The van der Waals surface area contributed by atoms with Crippen molar-refractivity contribution in [2.75, 3.05) is 7.11 Å². The van der Waals surface area contributed by atoms with E-state index in [0.717, 1.165) is 10.9 Å². The van der Waals surface area contributed by atoms with Gasteiger partial charge in [-0.2, -0.15) is 0 Å². The van der Waals surface area contributed by atoms with E-state index in [1.165, 1.54) is 6.07 Å². The van der Waals surface area contributed by atoms with Gasteiger partial charge in [0.05, 0.1) is 23.2 Å². The third kappa shape index (κ3) is 2.57. The van der Waals surface area contributed by atoms with Gasteiger partial charge in [-0.3, -0.25) is 0 Å². The van der Waals surface area contributed by atoms with E-state index in [-0.39, 0.29) is 5.56 Å². The third-order valence-corrected chi connectivity index (χ3v) is 4.64. The van der Waals surface area contributed by atoms with E-state index in [0.29, 0.717) is 38.7 Å². The Balaban J connectivity index is 2.00. The number of pyridine rings is 1. The van der Waals surface area contributed by atoms with Crippen molar-refractivity contribution in [2.24, 2.45) is 0 Å². The quantitative estimate of drug-likeness (QED) is 0.530. The largest absolute Gasteiger partial charge is 0.497 e. The number of aromatic carboxylic acids is 1. The van der Waals surface area contributed by atoms with Crippen molar-refractivity contribution in [3.63, 3.8) is 0 Å². The number of aryl methyl sites for hydroxylation is 1. The van der Waals surface area contributed by atoms with Gasteiger partial charge in [-0.1, -0.05) is 17.7 Å². The van der Waals surface area contributed by atoms with Crippen LogP contribution in [0, 0.1) is 6.92 Å².